The van der Waals surface area contributed by atoms with E-state index in [0.717, 1.165) is 56.3 Å². The molecule has 10 aromatic rings. The zero-order chi connectivity index (χ0) is 43.0. The molecule has 9 aromatic carbocycles. The van der Waals surface area contributed by atoms with Crippen molar-refractivity contribution in [3.63, 3.8) is 0 Å². The van der Waals surface area contributed by atoms with Gasteiger partial charge in [-0.1, -0.05) is 202 Å². The molecule has 0 saturated heterocycles. The molecule has 0 aliphatic heterocycles. The third-order valence-corrected chi connectivity index (χ3v) is 12.7. The van der Waals surface area contributed by atoms with E-state index in [0.29, 0.717) is 5.82 Å². The third kappa shape index (κ3) is 7.27. The minimum atomic E-state index is -0.103. The van der Waals surface area contributed by atoms with Gasteiger partial charge in [0.1, 0.15) is 0 Å². The van der Waals surface area contributed by atoms with Crippen LogP contribution in [-0.2, 0) is 5.41 Å². The molecule has 0 N–H and O–H groups in total. The number of hydrogen-bond donors (Lipinski definition) is 0. The van der Waals surface area contributed by atoms with Gasteiger partial charge in [0, 0.05) is 39.2 Å². The average molecular weight is 820 g/mol. The van der Waals surface area contributed by atoms with E-state index in [1.165, 1.54) is 44.5 Å². The first-order chi connectivity index (χ1) is 31.5. The van der Waals surface area contributed by atoms with Crippen LogP contribution in [0.1, 0.15) is 25.0 Å². The zero-order valence-corrected chi connectivity index (χ0v) is 35.9. The van der Waals surface area contributed by atoms with Crippen LogP contribution >= 0.6 is 0 Å². The van der Waals surface area contributed by atoms with Crippen molar-refractivity contribution in [3.8, 4) is 78.4 Å². The van der Waals surface area contributed by atoms with Gasteiger partial charge >= 0.3 is 0 Å². The highest BCUT2D eigenvalue weighted by molar-refractivity contribution is 5.85. The normalized spacial score (nSPS) is 12.3. The highest BCUT2D eigenvalue weighted by Crippen LogP contribution is 2.49. The Morgan fingerprint density at radius 1 is 0.297 bits per heavy atom. The summed E-state index contributed by atoms with van der Waals surface area (Å²) in [6.45, 7) is 4.64. The van der Waals surface area contributed by atoms with E-state index in [9.17, 15) is 0 Å². The van der Waals surface area contributed by atoms with Crippen molar-refractivity contribution < 1.29 is 0 Å². The fourth-order valence-electron chi connectivity index (χ4n) is 9.27. The van der Waals surface area contributed by atoms with Crippen molar-refractivity contribution >= 4 is 17.1 Å². The van der Waals surface area contributed by atoms with Crippen LogP contribution < -0.4 is 4.90 Å². The van der Waals surface area contributed by atoms with Crippen molar-refractivity contribution in [1.82, 2.24) is 9.97 Å². The number of benzene rings is 9. The molecule has 0 fully saturated rings. The summed E-state index contributed by atoms with van der Waals surface area (Å²) in [7, 11) is 0. The summed E-state index contributed by atoms with van der Waals surface area (Å²) in [5.41, 5.74) is 20.5. The van der Waals surface area contributed by atoms with Crippen LogP contribution in [0.2, 0.25) is 0 Å². The first kappa shape index (κ1) is 38.8. The van der Waals surface area contributed by atoms with Crippen molar-refractivity contribution in [3.05, 3.63) is 248 Å². The summed E-state index contributed by atoms with van der Waals surface area (Å²) < 4.78 is 0. The summed E-state index contributed by atoms with van der Waals surface area (Å²) in [6, 6.07) is 84.4. The molecule has 0 amide bonds. The molecule has 0 spiro atoms. The lowest BCUT2D eigenvalue weighted by Gasteiger charge is -2.26. The van der Waals surface area contributed by atoms with Crippen molar-refractivity contribution in [1.29, 1.82) is 0 Å². The fraction of sp³-hybridized carbons (Fsp3) is 0.0492. The third-order valence-electron chi connectivity index (χ3n) is 12.7. The van der Waals surface area contributed by atoms with Crippen LogP contribution in [0, 0.1) is 0 Å². The van der Waals surface area contributed by atoms with E-state index in [-0.39, 0.29) is 5.41 Å². The van der Waals surface area contributed by atoms with Gasteiger partial charge in [0.15, 0.2) is 5.82 Å². The van der Waals surface area contributed by atoms with E-state index in [2.05, 4.69) is 237 Å². The molecule has 304 valence electrons. The van der Waals surface area contributed by atoms with E-state index in [1.54, 1.807) is 0 Å². The predicted molar refractivity (Wildman–Crippen MR) is 267 cm³/mol. The lowest BCUT2D eigenvalue weighted by molar-refractivity contribution is 0.660. The Balaban J connectivity index is 0.914. The average Bonchev–Trinajstić information content (AvgIpc) is 3.60. The van der Waals surface area contributed by atoms with Crippen LogP contribution in [0.5, 0.6) is 0 Å². The van der Waals surface area contributed by atoms with Crippen LogP contribution in [0.15, 0.2) is 237 Å². The Hall–Kier alpha value is -8.14. The molecule has 0 radical (unpaired) electrons. The zero-order valence-electron chi connectivity index (χ0n) is 35.9. The monoisotopic (exact) mass is 819 g/mol. The second kappa shape index (κ2) is 16.3. The van der Waals surface area contributed by atoms with Crippen molar-refractivity contribution in [2.45, 2.75) is 19.3 Å². The van der Waals surface area contributed by atoms with Crippen LogP contribution in [-0.4, -0.2) is 9.97 Å². The Morgan fingerprint density at radius 3 is 1.16 bits per heavy atom. The maximum absolute atomic E-state index is 5.17. The van der Waals surface area contributed by atoms with Crippen LogP contribution in [0.3, 0.4) is 0 Å². The summed E-state index contributed by atoms with van der Waals surface area (Å²) >= 11 is 0. The Labute approximate surface area is 375 Å². The topological polar surface area (TPSA) is 29.0 Å². The lowest BCUT2D eigenvalue weighted by atomic mass is 9.82. The minimum absolute atomic E-state index is 0.103. The molecule has 11 rings (SSSR count). The smallest absolute Gasteiger partial charge is 0.160 e. The summed E-state index contributed by atoms with van der Waals surface area (Å²) in [5, 5.41) is 0. The maximum Gasteiger partial charge on any atom is 0.160 e. The molecule has 1 heterocycles. The Bertz CT molecular complexity index is 3150. The van der Waals surface area contributed by atoms with E-state index in [1.807, 2.05) is 18.2 Å². The number of aromatic nitrogens is 2. The predicted octanol–water partition coefficient (Wildman–Crippen LogP) is 16.3. The molecular formula is C61H45N3. The number of nitrogens with zero attached hydrogens (tertiary/aromatic N) is 3. The van der Waals surface area contributed by atoms with Gasteiger partial charge in [0.05, 0.1) is 11.4 Å². The van der Waals surface area contributed by atoms with Gasteiger partial charge in [-0.25, -0.2) is 9.97 Å². The quantitative estimate of drug-likeness (QED) is 0.145. The Morgan fingerprint density at radius 2 is 0.656 bits per heavy atom. The summed E-state index contributed by atoms with van der Waals surface area (Å²) in [4.78, 5) is 12.7. The summed E-state index contributed by atoms with van der Waals surface area (Å²) in [5.74, 6) is 0.713. The molecule has 0 unspecified atom stereocenters. The molecule has 0 atom stereocenters. The molecule has 3 heteroatoms. The lowest BCUT2D eigenvalue weighted by Crippen LogP contribution is -2.14. The van der Waals surface area contributed by atoms with Gasteiger partial charge in [-0.2, -0.15) is 0 Å². The highest BCUT2D eigenvalue weighted by atomic mass is 15.1. The van der Waals surface area contributed by atoms with Crippen molar-refractivity contribution in [2.75, 3.05) is 4.90 Å². The van der Waals surface area contributed by atoms with E-state index >= 15 is 0 Å². The SMILES string of the molecule is CC1(C)c2ccccc2-c2ccc(-c3cc(-c4ccc(-c5ccc(N(c6ccc(-c7ccccc7)cc6)c6ccc(-c7ccccc7)cc6)cc5)cc4)nc(-c4ccccc4)n3)cc21. The van der Waals surface area contributed by atoms with Crippen molar-refractivity contribution in [2.24, 2.45) is 0 Å². The van der Waals surface area contributed by atoms with Gasteiger partial charge < -0.3 is 4.90 Å². The van der Waals surface area contributed by atoms with Gasteiger partial charge in [-0.05, 0) is 104 Å². The molecule has 3 nitrogen and oxygen atoms in total. The first-order valence-corrected chi connectivity index (χ1v) is 22.0. The standard InChI is InChI=1S/C61H45N3/c1-61(2)56-21-13-12-20-54(56)55-39-32-50(40-57(55)61)59-41-58(62-60(63-59)49-18-10-5-11-19-49)48-24-22-44(23-25-48)47-30-37-53(38-31-47)64(51-33-26-45(27-34-51)42-14-6-3-7-15-42)52-35-28-46(29-36-52)43-16-8-4-9-17-43/h3-41H,1-2H3. The molecule has 0 bridgehead atoms. The molecule has 0 saturated carbocycles. The fourth-order valence-corrected chi connectivity index (χ4v) is 9.27. The molecule has 1 aromatic heterocycles. The molecular weight excluding hydrogens is 775 g/mol. The van der Waals surface area contributed by atoms with Crippen LogP contribution in [0.25, 0.3) is 78.4 Å². The second-order valence-corrected chi connectivity index (χ2v) is 17.0. The molecule has 64 heavy (non-hydrogen) atoms. The first-order valence-electron chi connectivity index (χ1n) is 22.0. The number of anilines is 3. The Kier molecular flexibility index (Phi) is 9.86. The van der Waals surface area contributed by atoms with Gasteiger partial charge in [0.2, 0.25) is 0 Å². The minimum Gasteiger partial charge on any atom is -0.311 e. The van der Waals surface area contributed by atoms with Crippen LogP contribution in [0.4, 0.5) is 17.1 Å². The van der Waals surface area contributed by atoms with E-state index in [4.69, 9.17) is 9.97 Å². The number of fused-ring (bicyclic) bond motifs is 3. The molecule has 1 aliphatic rings. The van der Waals surface area contributed by atoms with Gasteiger partial charge in [0.25, 0.3) is 0 Å². The van der Waals surface area contributed by atoms with E-state index < -0.39 is 0 Å². The number of rotatable bonds is 9. The highest BCUT2D eigenvalue weighted by Gasteiger charge is 2.35. The summed E-state index contributed by atoms with van der Waals surface area (Å²) in [6.07, 6.45) is 0. The van der Waals surface area contributed by atoms with Gasteiger partial charge in [-0.3, -0.25) is 0 Å². The molecule has 1 aliphatic carbocycles. The number of hydrogen-bond acceptors (Lipinski definition) is 3. The van der Waals surface area contributed by atoms with Gasteiger partial charge in [-0.15, -0.1) is 0 Å². The largest absolute Gasteiger partial charge is 0.311 e. The second-order valence-electron chi connectivity index (χ2n) is 17.0. The maximum atomic E-state index is 5.17.